The van der Waals surface area contributed by atoms with Crippen molar-refractivity contribution in [3.8, 4) is 11.8 Å². The molecule has 0 aromatic carbocycles. The fourth-order valence-corrected chi connectivity index (χ4v) is 4.66. The number of anilines is 1. The second-order valence-corrected chi connectivity index (χ2v) is 9.18. The summed E-state index contributed by atoms with van der Waals surface area (Å²) in [6.45, 7) is 2.36. The van der Waals surface area contributed by atoms with Gasteiger partial charge < -0.3 is 0 Å². The first kappa shape index (κ1) is 22.4. The molecule has 2 atom stereocenters. The van der Waals surface area contributed by atoms with Crippen molar-refractivity contribution in [2.45, 2.75) is 30.6 Å². The Kier molecular flexibility index (Phi) is 6.91. The number of alkyl halides is 4. The first-order chi connectivity index (χ1) is 14.1. The Labute approximate surface area is 177 Å². The van der Waals surface area contributed by atoms with E-state index in [0.717, 1.165) is 0 Å². The van der Waals surface area contributed by atoms with Gasteiger partial charge in [-0.1, -0.05) is 0 Å². The van der Waals surface area contributed by atoms with Gasteiger partial charge in [-0.05, 0) is 0 Å². The molecule has 0 saturated carbocycles. The van der Waals surface area contributed by atoms with E-state index in [2.05, 4.69) is 27.5 Å². The van der Waals surface area contributed by atoms with Crippen molar-refractivity contribution in [2.24, 2.45) is 0 Å². The minimum atomic E-state index is -4.37. The summed E-state index contributed by atoms with van der Waals surface area (Å²) in [5, 5.41) is 1.18. The normalized spacial score (nSPS) is 19.9. The van der Waals surface area contributed by atoms with Gasteiger partial charge in [0.05, 0.1) is 0 Å². The topological polar surface area (TPSA) is 61.7 Å². The molecule has 0 spiro atoms. The quantitative estimate of drug-likeness (QED) is 0.384. The molecule has 1 fully saturated rings. The molecule has 0 bridgehead atoms. The van der Waals surface area contributed by atoms with Gasteiger partial charge in [0.2, 0.25) is 0 Å². The molecule has 1 saturated heterocycles. The van der Waals surface area contributed by atoms with Crippen LogP contribution in [0.15, 0.2) is 18.5 Å². The van der Waals surface area contributed by atoms with Crippen LogP contribution in [0.4, 0.5) is 23.4 Å². The molecule has 1 amide bonds. The number of hydrogen-bond donors (Lipinski definition) is 2. The van der Waals surface area contributed by atoms with Crippen molar-refractivity contribution in [3.05, 3.63) is 24.0 Å². The minimum absolute atomic E-state index is 0.0302. The zero-order valence-corrected chi connectivity index (χ0v) is 18.1. The molecule has 0 radical (unpaired) electrons. The molecule has 2 N–H and O–H groups in total. The third-order valence-electron chi connectivity index (χ3n) is 4.58. The van der Waals surface area contributed by atoms with Crippen LogP contribution in [0, 0.1) is 11.8 Å². The van der Waals surface area contributed by atoms with E-state index in [4.69, 9.17) is 0 Å². The number of rotatable bonds is 4. The summed E-state index contributed by atoms with van der Waals surface area (Å²) in [7, 11) is 1.84. The van der Waals surface area contributed by atoms with Crippen molar-refractivity contribution in [1.82, 2.24) is 19.6 Å². The summed E-state index contributed by atoms with van der Waals surface area (Å²) >= 11 is -1.84. The Balaban J connectivity index is 1.96. The number of hydrogen-bond acceptors (Lipinski definition) is 4. The molecule has 0 aliphatic carbocycles. The van der Waals surface area contributed by atoms with Crippen molar-refractivity contribution >= 4 is 36.8 Å². The van der Waals surface area contributed by atoms with Crippen LogP contribution < -0.4 is 15.2 Å². The van der Waals surface area contributed by atoms with E-state index in [-0.39, 0.29) is 29.2 Å². The van der Waals surface area contributed by atoms with Crippen LogP contribution in [0.5, 0.6) is 0 Å². The van der Waals surface area contributed by atoms with Crippen LogP contribution in [-0.2, 0) is 4.79 Å². The average Bonchev–Trinajstić information content (AvgIpc) is 2.98. The molecule has 6 nitrogen and oxygen atoms in total. The van der Waals surface area contributed by atoms with Gasteiger partial charge in [0.25, 0.3) is 0 Å². The van der Waals surface area contributed by atoms with Crippen LogP contribution in [0.2, 0.25) is 0 Å². The van der Waals surface area contributed by atoms with E-state index in [0.29, 0.717) is 24.3 Å². The monoisotopic (exact) mass is 491 g/mol. The zero-order chi connectivity index (χ0) is 21.9. The number of carbonyl (C=O) groups is 1. The van der Waals surface area contributed by atoms with Gasteiger partial charge in [0, 0.05) is 0 Å². The van der Waals surface area contributed by atoms with E-state index in [1.54, 1.807) is 0 Å². The molecule has 30 heavy (non-hydrogen) atoms. The number of nitrogens with zero attached hydrogens (tertiary/aromatic N) is 3. The summed E-state index contributed by atoms with van der Waals surface area (Å²) < 4.78 is 55.5. The fraction of sp³-hybridized carbons (Fsp3) is 0.474. The molecule has 162 valence electrons. The predicted molar refractivity (Wildman–Crippen MR) is 107 cm³/mol. The number of piperidine rings is 1. The molecule has 1 aliphatic heterocycles. The van der Waals surface area contributed by atoms with Gasteiger partial charge in [0.15, 0.2) is 0 Å². The summed E-state index contributed by atoms with van der Waals surface area (Å²) in [4.78, 5) is 17.1. The zero-order valence-electron chi connectivity index (χ0n) is 16.4. The molecule has 2 aromatic heterocycles. The molecule has 0 unspecified atom stereocenters. The Morgan fingerprint density at radius 1 is 1.43 bits per heavy atom. The Hall–Kier alpha value is -2.28. The van der Waals surface area contributed by atoms with Crippen molar-refractivity contribution in [1.29, 1.82) is 0 Å². The number of nitrogens with one attached hydrogen (secondary N) is 2. The van der Waals surface area contributed by atoms with Crippen LogP contribution in [-0.4, -0.2) is 79.1 Å². The van der Waals surface area contributed by atoms with Gasteiger partial charge in [0.1, 0.15) is 0 Å². The summed E-state index contributed by atoms with van der Waals surface area (Å²) in [5.41, 5.74) is 0.627. The SMILES string of the molecule is CC(=O)NCC#Cc1cc2c(N[C@@H]3CCN(C)C[C@@H]3F)nccn2c1[Se]C(F)(F)F. The molecule has 3 heterocycles. The molecule has 2 aromatic rings. The number of fused-ring (bicyclic) bond motifs is 1. The van der Waals surface area contributed by atoms with Crippen LogP contribution >= 0.6 is 0 Å². The number of likely N-dealkylation sites (tertiary alicyclic amines) is 1. The first-order valence-corrected chi connectivity index (χ1v) is 10.9. The first-order valence-electron chi connectivity index (χ1n) is 9.22. The Morgan fingerprint density at radius 2 is 2.20 bits per heavy atom. The number of halogens is 4. The van der Waals surface area contributed by atoms with Gasteiger partial charge in [-0.25, -0.2) is 0 Å². The average molecular weight is 490 g/mol. The van der Waals surface area contributed by atoms with E-state index in [9.17, 15) is 22.4 Å². The van der Waals surface area contributed by atoms with Crippen LogP contribution in [0.25, 0.3) is 5.52 Å². The third kappa shape index (κ3) is 5.65. The Bertz CT molecular complexity index is 981. The summed E-state index contributed by atoms with van der Waals surface area (Å²) in [6, 6.07) is 1.06. The van der Waals surface area contributed by atoms with E-state index in [1.807, 2.05) is 11.9 Å². The Morgan fingerprint density at radius 3 is 2.87 bits per heavy atom. The molecule has 3 rings (SSSR count). The standard InChI is InChI=1S/C19H21F4N5OSe/c1-12(29)24-6-3-4-13-10-16-17(26-15-5-8-27(2)11-14(15)20)25-7-9-28(16)18(13)30-19(21,22)23/h7,9-10,14-15H,5-6,8,11H2,1-2H3,(H,24,29)(H,25,26)/t14-,15+/m0/s1. The summed E-state index contributed by atoms with van der Waals surface area (Å²) in [6.07, 6.45) is 2.28. The van der Waals surface area contributed by atoms with Gasteiger partial charge >= 0.3 is 177 Å². The maximum absolute atomic E-state index is 14.4. The molecule has 11 heteroatoms. The number of carbonyl (C=O) groups excluding carboxylic acids is 1. The molecular formula is C19H21F4N5OSe. The van der Waals surface area contributed by atoms with Gasteiger partial charge in [-0.2, -0.15) is 0 Å². The van der Waals surface area contributed by atoms with E-state index in [1.165, 1.54) is 29.8 Å². The third-order valence-corrected chi connectivity index (χ3v) is 6.34. The van der Waals surface area contributed by atoms with Crippen LogP contribution in [0.3, 0.4) is 0 Å². The fourth-order valence-electron chi connectivity index (χ4n) is 3.20. The van der Waals surface area contributed by atoms with E-state index >= 15 is 0 Å². The second kappa shape index (κ2) is 9.25. The van der Waals surface area contributed by atoms with Crippen LogP contribution in [0.1, 0.15) is 18.9 Å². The number of aromatic nitrogens is 2. The van der Waals surface area contributed by atoms with E-state index < -0.39 is 32.2 Å². The van der Waals surface area contributed by atoms with Gasteiger partial charge in [-0.15, -0.1) is 0 Å². The van der Waals surface area contributed by atoms with Crippen molar-refractivity contribution in [2.75, 3.05) is 32.0 Å². The second-order valence-electron chi connectivity index (χ2n) is 6.97. The van der Waals surface area contributed by atoms with Crippen molar-refractivity contribution < 1.29 is 22.4 Å². The van der Waals surface area contributed by atoms with Crippen molar-refractivity contribution in [3.63, 3.8) is 0 Å². The summed E-state index contributed by atoms with van der Waals surface area (Å²) in [5.74, 6) is 5.44. The molecular weight excluding hydrogens is 469 g/mol. The maximum atomic E-state index is 14.4. The predicted octanol–water partition coefficient (Wildman–Crippen LogP) is 1.13. The number of amides is 1. The van der Waals surface area contributed by atoms with Gasteiger partial charge in [-0.3, -0.25) is 0 Å². The molecule has 1 aliphatic rings.